The first-order valence-electron chi connectivity index (χ1n) is 4.83. The van der Waals surface area contributed by atoms with Crippen molar-refractivity contribution in [1.29, 1.82) is 0 Å². The Balaban J connectivity index is 2.89. The lowest BCUT2D eigenvalue weighted by atomic mass is 9.97. The number of carbonyl (C=O) groups is 1. The van der Waals surface area contributed by atoms with Crippen molar-refractivity contribution in [2.45, 2.75) is 13.8 Å². The van der Waals surface area contributed by atoms with Crippen LogP contribution in [0.25, 0.3) is 10.8 Å². The Hall–Kier alpha value is -1.83. The smallest absolute Gasteiger partial charge is 0.335 e. The monoisotopic (exact) mass is 200 g/mol. The number of carboxylic acids is 1. The van der Waals surface area contributed by atoms with Gasteiger partial charge in [-0.2, -0.15) is 0 Å². The summed E-state index contributed by atoms with van der Waals surface area (Å²) in [7, 11) is 0. The summed E-state index contributed by atoms with van der Waals surface area (Å²) in [4.78, 5) is 11.0. The molecule has 0 aliphatic heterocycles. The van der Waals surface area contributed by atoms with Gasteiger partial charge < -0.3 is 5.11 Å². The fourth-order valence-electron chi connectivity index (χ4n) is 2.01. The van der Waals surface area contributed by atoms with E-state index in [1.54, 1.807) is 6.07 Å². The number of carboxylic acid groups (broad SMARTS) is 1. The zero-order valence-electron chi connectivity index (χ0n) is 8.74. The van der Waals surface area contributed by atoms with E-state index in [1.807, 2.05) is 38.1 Å². The first kappa shape index (κ1) is 9.71. The maximum absolute atomic E-state index is 11.0. The Labute approximate surface area is 88.2 Å². The molecule has 0 aromatic heterocycles. The third-order valence-corrected chi connectivity index (χ3v) is 2.74. The molecule has 0 unspecified atom stereocenters. The van der Waals surface area contributed by atoms with Crippen LogP contribution < -0.4 is 0 Å². The van der Waals surface area contributed by atoms with Gasteiger partial charge in [0.2, 0.25) is 0 Å². The van der Waals surface area contributed by atoms with Crippen molar-refractivity contribution < 1.29 is 9.90 Å². The summed E-state index contributed by atoms with van der Waals surface area (Å²) >= 11 is 0. The number of hydrogen-bond donors (Lipinski definition) is 1. The molecule has 0 aliphatic rings. The van der Waals surface area contributed by atoms with Crippen LogP contribution in [0.1, 0.15) is 21.5 Å². The summed E-state index contributed by atoms with van der Waals surface area (Å²) < 4.78 is 0. The van der Waals surface area contributed by atoms with Crippen LogP contribution in [-0.4, -0.2) is 11.1 Å². The van der Waals surface area contributed by atoms with E-state index in [2.05, 4.69) is 0 Å². The van der Waals surface area contributed by atoms with Crippen LogP contribution in [0.4, 0.5) is 0 Å². The second-order valence-electron chi connectivity index (χ2n) is 3.72. The summed E-state index contributed by atoms with van der Waals surface area (Å²) in [6, 6.07) is 9.51. The largest absolute Gasteiger partial charge is 0.478 e. The van der Waals surface area contributed by atoms with Gasteiger partial charge in [0.05, 0.1) is 5.56 Å². The Bertz CT molecular complexity index is 541. The Morgan fingerprint density at radius 3 is 2.53 bits per heavy atom. The number of aryl methyl sites for hydroxylation is 2. The highest BCUT2D eigenvalue weighted by Crippen LogP contribution is 2.24. The molecule has 2 rings (SSSR count). The lowest BCUT2D eigenvalue weighted by Gasteiger charge is -2.08. The molecule has 0 fully saturated rings. The molecular weight excluding hydrogens is 188 g/mol. The van der Waals surface area contributed by atoms with E-state index >= 15 is 0 Å². The van der Waals surface area contributed by atoms with E-state index in [1.165, 1.54) is 0 Å². The van der Waals surface area contributed by atoms with E-state index in [0.29, 0.717) is 5.56 Å². The summed E-state index contributed by atoms with van der Waals surface area (Å²) in [5, 5.41) is 11.2. The van der Waals surface area contributed by atoms with Crippen molar-refractivity contribution in [2.75, 3.05) is 0 Å². The molecule has 0 saturated heterocycles. The SMILES string of the molecule is Cc1cccc2ccc(C(=O)O)c(C)c12. The molecule has 0 heterocycles. The summed E-state index contributed by atoms with van der Waals surface area (Å²) in [6.07, 6.45) is 0. The number of aromatic carboxylic acids is 1. The second kappa shape index (κ2) is 3.39. The molecule has 2 aromatic carbocycles. The number of rotatable bonds is 1. The molecule has 0 amide bonds. The zero-order chi connectivity index (χ0) is 11.0. The van der Waals surface area contributed by atoms with Crippen molar-refractivity contribution in [3.05, 3.63) is 47.0 Å². The lowest BCUT2D eigenvalue weighted by Crippen LogP contribution is -2.00. The minimum atomic E-state index is -0.863. The fraction of sp³-hybridized carbons (Fsp3) is 0.154. The van der Waals surface area contributed by atoms with Crippen LogP contribution in [0, 0.1) is 13.8 Å². The van der Waals surface area contributed by atoms with Crippen LogP contribution >= 0.6 is 0 Å². The molecule has 76 valence electrons. The van der Waals surface area contributed by atoms with Gasteiger partial charge in [0.15, 0.2) is 0 Å². The highest BCUT2D eigenvalue weighted by molar-refractivity contribution is 5.98. The van der Waals surface area contributed by atoms with Crippen LogP contribution in [0.2, 0.25) is 0 Å². The summed E-state index contributed by atoms with van der Waals surface area (Å²) in [5.41, 5.74) is 2.35. The van der Waals surface area contributed by atoms with Crippen LogP contribution in [0.5, 0.6) is 0 Å². The van der Waals surface area contributed by atoms with Gasteiger partial charge in [0, 0.05) is 0 Å². The molecule has 0 saturated carbocycles. The molecule has 15 heavy (non-hydrogen) atoms. The maximum Gasteiger partial charge on any atom is 0.335 e. The molecule has 0 spiro atoms. The van der Waals surface area contributed by atoms with Gasteiger partial charge in [-0.15, -0.1) is 0 Å². The molecule has 1 N–H and O–H groups in total. The molecule has 0 radical (unpaired) electrons. The second-order valence-corrected chi connectivity index (χ2v) is 3.72. The van der Waals surface area contributed by atoms with E-state index in [-0.39, 0.29) is 0 Å². The molecule has 2 aromatic rings. The van der Waals surface area contributed by atoms with Crippen molar-refractivity contribution in [2.24, 2.45) is 0 Å². The molecule has 0 aliphatic carbocycles. The van der Waals surface area contributed by atoms with Crippen LogP contribution in [0.3, 0.4) is 0 Å². The van der Waals surface area contributed by atoms with Crippen molar-refractivity contribution in [3.63, 3.8) is 0 Å². The van der Waals surface area contributed by atoms with E-state index in [0.717, 1.165) is 21.9 Å². The Morgan fingerprint density at radius 2 is 1.87 bits per heavy atom. The highest BCUT2D eigenvalue weighted by Gasteiger charge is 2.10. The average molecular weight is 200 g/mol. The number of hydrogen-bond acceptors (Lipinski definition) is 1. The third-order valence-electron chi connectivity index (χ3n) is 2.74. The molecule has 0 atom stereocenters. The van der Waals surface area contributed by atoms with Crippen LogP contribution in [0.15, 0.2) is 30.3 Å². The van der Waals surface area contributed by atoms with Gasteiger partial charge in [-0.3, -0.25) is 0 Å². The number of benzene rings is 2. The van der Waals surface area contributed by atoms with Crippen molar-refractivity contribution >= 4 is 16.7 Å². The van der Waals surface area contributed by atoms with Crippen molar-refractivity contribution in [1.82, 2.24) is 0 Å². The standard InChI is InChI=1S/C13H12O2/c1-8-4-3-5-10-6-7-11(13(14)15)9(2)12(8)10/h3-7H,1-2H3,(H,14,15). The van der Waals surface area contributed by atoms with Gasteiger partial charge in [0.25, 0.3) is 0 Å². The lowest BCUT2D eigenvalue weighted by molar-refractivity contribution is 0.0696. The quantitative estimate of drug-likeness (QED) is 0.767. The molecule has 0 bridgehead atoms. The summed E-state index contributed by atoms with van der Waals surface area (Å²) in [5.74, 6) is -0.863. The molecule has 2 heteroatoms. The van der Waals surface area contributed by atoms with E-state index in [4.69, 9.17) is 5.11 Å². The Kier molecular flexibility index (Phi) is 2.19. The zero-order valence-corrected chi connectivity index (χ0v) is 8.74. The van der Waals surface area contributed by atoms with E-state index in [9.17, 15) is 4.79 Å². The minimum absolute atomic E-state index is 0.386. The Morgan fingerprint density at radius 1 is 1.13 bits per heavy atom. The maximum atomic E-state index is 11.0. The van der Waals surface area contributed by atoms with Gasteiger partial charge in [-0.1, -0.05) is 24.3 Å². The average Bonchev–Trinajstić information content (AvgIpc) is 2.17. The molecule has 2 nitrogen and oxygen atoms in total. The van der Waals surface area contributed by atoms with Crippen LogP contribution in [-0.2, 0) is 0 Å². The normalized spacial score (nSPS) is 10.5. The van der Waals surface area contributed by atoms with Gasteiger partial charge in [0.1, 0.15) is 0 Å². The predicted octanol–water partition coefficient (Wildman–Crippen LogP) is 3.15. The van der Waals surface area contributed by atoms with Gasteiger partial charge in [-0.25, -0.2) is 4.79 Å². The third kappa shape index (κ3) is 1.48. The van der Waals surface area contributed by atoms with Gasteiger partial charge in [-0.05, 0) is 41.8 Å². The predicted molar refractivity (Wildman–Crippen MR) is 60.4 cm³/mol. The first-order chi connectivity index (χ1) is 7.11. The minimum Gasteiger partial charge on any atom is -0.478 e. The van der Waals surface area contributed by atoms with E-state index < -0.39 is 5.97 Å². The first-order valence-corrected chi connectivity index (χ1v) is 4.83. The number of fused-ring (bicyclic) bond motifs is 1. The molecular formula is C13H12O2. The van der Waals surface area contributed by atoms with Crippen molar-refractivity contribution in [3.8, 4) is 0 Å². The highest BCUT2D eigenvalue weighted by atomic mass is 16.4. The van der Waals surface area contributed by atoms with Gasteiger partial charge >= 0.3 is 5.97 Å². The summed E-state index contributed by atoms with van der Waals surface area (Å²) in [6.45, 7) is 3.86. The topological polar surface area (TPSA) is 37.3 Å². The fourth-order valence-corrected chi connectivity index (χ4v) is 2.01.